The quantitative estimate of drug-likeness (QED) is 0.328. The Hall–Kier alpha value is -4.07. The summed E-state index contributed by atoms with van der Waals surface area (Å²) < 4.78 is 168. The monoisotopic (exact) mass is 706 g/mol. The molecular formula is C27H21F11N4O4S. The maximum absolute atomic E-state index is 13.3. The normalized spacial score (nSPS) is 15.1. The molecule has 0 saturated carbocycles. The van der Waals surface area contributed by atoms with Crippen LogP contribution in [-0.2, 0) is 48.4 Å². The van der Waals surface area contributed by atoms with E-state index in [0.717, 1.165) is 47.7 Å². The third-order valence-electron chi connectivity index (χ3n) is 6.80. The van der Waals surface area contributed by atoms with Crippen molar-refractivity contribution in [3.8, 4) is 5.75 Å². The minimum atomic E-state index is -5.94. The van der Waals surface area contributed by atoms with Gasteiger partial charge < -0.3 is 15.0 Å². The van der Waals surface area contributed by atoms with Crippen molar-refractivity contribution < 1.29 is 66.2 Å². The van der Waals surface area contributed by atoms with Crippen LogP contribution in [0.3, 0.4) is 0 Å². The third-order valence-corrected chi connectivity index (χ3v) is 7.91. The summed E-state index contributed by atoms with van der Waals surface area (Å²) in [6.07, 6.45) is -12.7. The summed E-state index contributed by atoms with van der Waals surface area (Å²) in [7, 11) is -3.93. The van der Waals surface area contributed by atoms with E-state index in [9.17, 15) is 61.5 Å². The lowest BCUT2D eigenvalue weighted by molar-refractivity contribution is -0.290. The number of sulfone groups is 1. The number of alkyl halides is 11. The van der Waals surface area contributed by atoms with E-state index in [1.807, 2.05) is 0 Å². The number of amides is 1. The molecule has 0 atom stereocenters. The molecule has 47 heavy (non-hydrogen) atoms. The molecule has 2 aromatic heterocycles. The lowest BCUT2D eigenvalue weighted by Crippen LogP contribution is -2.42. The number of nitrogens with zero attached hydrogens (tertiary/aromatic N) is 3. The first-order valence-corrected chi connectivity index (χ1v) is 14.9. The van der Waals surface area contributed by atoms with Gasteiger partial charge in [0.2, 0.25) is 0 Å². The number of aromatic nitrogens is 2. The molecule has 2 aliphatic heterocycles. The molecule has 0 radical (unpaired) electrons. The van der Waals surface area contributed by atoms with Gasteiger partial charge in [0.05, 0.1) is 39.5 Å². The van der Waals surface area contributed by atoms with Crippen molar-refractivity contribution in [3.63, 3.8) is 0 Å². The molecule has 3 aromatic rings. The van der Waals surface area contributed by atoms with Crippen molar-refractivity contribution in [1.29, 1.82) is 0 Å². The van der Waals surface area contributed by atoms with Crippen molar-refractivity contribution in [3.05, 3.63) is 81.9 Å². The molecule has 256 valence electrons. The van der Waals surface area contributed by atoms with Crippen LogP contribution in [0.15, 0.2) is 47.6 Å². The van der Waals surface area contributed by atoms with Crippen LogP contribution in [0.1, 0.15) is 44.0 Å². The summed E-state index contributed by atoms with van der Waals surface area (Å²) in [5, 5.41) is 2.94. The summed E-state index contributed by atoms with van der Waals surface area (Å²) >= 11 is 0. The van der Waals surface area contributed by atoms with E-state index in [-0.39, 0.29) is 17.8 Å². The third kappa shape index (κ3) is 8.27. The second-order valence-corrected chi connectivity index (χ2v) is 12.4. The van der Waals surface area contributed by atoms with Crippen molar-refractivity contribution in [2.24, 2.45) is 0 Å². The van der Waals surface area contributed by atoms with Crippen LogP contribution in [-0.4, -0.2) is 54.2 Å². The maximum atomic E-state index is 13.3. The highest BCUT2D eigenvalue weighted by Crippen LogP contribution is 2.37. The van der Waals surface area contributed by atoms with Gasteiger partial charge in [-0.3, -0.25) is 14.8 Å². The minimum absolute atomic E-state index is 0.0357. The van der Waals surface area contributed by atoms with Gasteiger partial charge in [0.1, 0.15) is 5.75 Å². The van der Waals surface area contributed by atoms with Crippen molar-refractivity contribution >= 4 is 15.7 Å². The van der Waals surface area contributed by atoms with E-state index < -0.39 is 80.7 Å². The van der Waals surface area contributed by atoms with Crippen molar-refractivity contribution in [2.45, 2.75) is 55.5 Å². The van der Waals surface area contributed by atoms with Crippen LogP contribution >= 0.6 is 0 Å². The highest BCUT2D eigenvalue weighted by atomic mass is 32.2. The standard InChI is InChI=1S/C19H14F8N2O4S.C8H7F3N2/c1-34(31,32)12-2-3-15(33-9-17(20,21)19(25,26)27)13(5-12)16(30)29-7-10-4-11(18(22,23)24)6-28-14(10)8-29;9-8(10,11)6-1-5-2-12-4-7(5)13-3-6/h2-6H,7-9H2,1H3;1,3,12H,2,4H2. The van der Waals surface area contributed by atoms with E-state index in [0.29, 0.717) is 30.5 Å². The molecule has 1 N–H and O–H groups in total. The smallest absolute Gasteiger partial charge is 0.456 e. The van der Waals surface area contributed by atoms with E-state index in [1.165, 1.54) is 0 Å². The predicted molar refractivity (Wildman–Crippen MR) is 139 cm³/mol. The molecule has 1 aromatic carbocycles. The molecule has 0 aliphatic carbocycles. The fourth-order valence-electron chi connectivity index (χ4n) is 4.33. The van der Waals surface area contributed by atoms with Crippen LogP contribution in [0.5, 0.6) is 5.75 Å². The van der Waals surface area contributed by atoms with Crippen LogP contribution in [0.2, 0.25) is 0 Å². The Bertz CT molecular complexity index is 1780. The van der Waals surface area contributed by atoms with Crippen LogP contribution in [0, 0.1) is 0 Å². The molecule has 2 aliphatic rings. The van der Waals surface area contributed by atoms with E-state index in [1.54, 1.807) is 0 Å². The summed E-state index contributed by atoms with van der Waals surface area (Å²) in [5.41, 5.74) is -0.902. The van der Waals surface area contributed by atoms with Gasteiger partial charge in [0, 0.05) is 38.3 Å². The highest BCUT2D eigenvalue weighted by molar-refractivity contribution is 7.90. The van der Waals surface area contributed by atoms with E-state index >= 15 is 0 Å². The lowest BCUT2D eigenvalue weighted by atomic mass is 10.1. The molecule has 5 rings (SSSR count). The molecule has 0 saturated heterocycles. The summed E-state index contributed by atoms with van der Waals surface area (Å²) in [6.45, 7) is -1.86. The molecule has 4 heterocycles. The number of pyridine rings is 2. The Labute approximate surface area is 258 Å². The zero-order valence-electron chi connectivity index (χ0n) is 23.6. The van der Waals surface area contributed by atoms with E-state index in [4.69, 9.17) is 0 Å². The van der Waals surface area contributed by atoms with Gasteiger partial charge in [-0.2, -0.15) is 48.3 Å². The fraction of sp³-hybridized carbons (Fsp3) is 0.370. The summed E-state index contributed by atoms with van der Waals surface area (Å²) in [5.74, 6) is -7.10. The second kappa shape index (κ2) is 12.5. The van der Waals surface area contributed by atoms with E-state index in [2.05, 4.69) is 20.0 Å². The van der Waals surface area contributed by atoms with Crippen LogP contribution in [0.4, 0.5) is 48.3 Å². The molecule has 8 nitrogen and oxygen atoms in total. The maximum Gasteiger partial charge on any atom is 0.456 e. The first-order valence-electron chi connectivity index (χ1n) is 13.0. The van der Waals surface area contributed by atoms with Crippen LogP contribution < -0.4 is 10.1 Å². The number of carbonyl (C=O) groups excluding carboxylic acids is 1. The number of hydrogen-bond acceptors (Lipinski definition) is 7. The zero-order chi connectivity index (χ0) is 35.2. The first kappa shape index (κ1) is 35.8. The first-order chi connectivity index (χ1) is 21.5. The van der Waals surface area contributed by atoms with Gasteiger partial charge >= 0.3 is 24.5 Å². The zero-order valence-corrected chi connectivity index (χ0v) is 24.4. The molecule has 0 unspecified atom stereocenters. The highest BCUT2D eigenvalue weighted by Gasteiger charge is 2.58. The molecular weight excluding hydrogens is 685 g/mol. The van der Waals surface area contributed by atoms with Gasteiger partial charge in [-0.15, -0.1) is 0 Å². The fourth-order valence-corrected chi connectivity index (χ4v) is 4.98. The Morgan fingerprint density at radius 1 is 0.830 bits per heavy atom. The van der Waals surface area contributed by atoms with Crippen molar-refractivity contribution in [2.75, 3.05) is 12.9 Å². The number of hydrogen-bond donors (Lipinski definition) is 1. The number of ether oxygens (including phenoxy) is 1. The number of rotatable bonds is 5. The topological polar surface area (TPSA) is 101 Å². The number of halogens is 11. The number of nitrogens with one attached hydrogen (secondary N) is 1. The minimum Gasteiger partial charge on any atom is -0.486 e. The number of benzene rings is 1. The Balaban J connectivity index is 0.000000318. The SMILES string of the molecule is CS(=O)(=O)c1ccc(OCC(F)(F)C(F)(F)F)c(C(=O)N2Cc3cc(C(F)(F)F)cnc3C2)c1.FC(F)(F)c1cnc2c(c1)CNC2. The summed E-state index contributed by atoms with van der Waals surface area (Å²) in [4.78, 5) is 20.9. The number of fused-ring (bicyclic) bond motifs is 2. The molecule has 20 heteroatoms. The number of carbonyl (C=O) groups is 1. The Morgan fingerprint density at radius 3 is 1.96 bits per heavy atom. The van der Waals surface area contributed by atoms with Gasteiger partial charge in [0.25, 0.3) is 5.91 Å². The van der Waals surface area contributed by atoms with Crippen LogP contribution in [0.25, 0.3) is 0 Å². The van der Waals surface area contributed by atoms with Gasteiger partial charge in [-0.25, -0.2) is 8.42 Å². The molecule has 0 bridgehead atoms. The molecule has 0 fully saturated rings. The lowest BCUT2D eigenvalue weighted by Gasteiger charge is -2.22. The molecule has 0 spiro atoms. The van der Waals surface area contributed by atoms with Gasteiger partial charge in [0.15, 0.2) is 16.4 Å². The van der Waals surface area contributed by atoms with Gasteiger partial charge in [-0.05, 0) is 41.5 Å². The average molecular weight is 707 g/mol. The average Bonchev–Trinajstić information content (AvgIpc) is 3.60. The summed E-state index contributed by atoms with van der Waals surface area (Å²) in [6, 6.07) is 4.25. The molecule has 1 amide bonds. The Morgan fingerprint density at radius 2 is 1.40 bits per heavy atom. The second-order valence-electron chi connectivity index (χ2n) is 10.3. The Kier molecular flexibility index (Phi) is 9.52. The van der Waals surface area contributed by atoms with Crippen molar-refractivity contribution in [1.82, 2.24) is 20.2 Å². The van der Waals surface area contributed by atoms with Gasteiger partial charge in [-0.1, -0.05) is 0 Å². The predicted octanol–water partition coefficient (Wildman–Crippen LogP) is 5.94. The largest absolute Gasteiger partial charge is 0.486 e.